The summed E-state index contributed by atoms with van der Waals surface area (Å²) in [5.74, 6) is 0. The lowest BCUT2D eigenvalue weighted by atomic mass is 10.0. The molecule has 0 saturated carbocycles. The minimum absolute atomic E-state index is 0.167. The second-order valence-electron chi connectivity index (χ2n) is 4.88. The summed E-state index contributed by atoms with van der Waals surface area (Å²) < 4.78 is 5.27. The number of rotatable bonds is 3. The van der Waals surface area contributed by atoms with Crippen LogP contribution in [-0.4, -0.2) is 49.8 Å². The van der Waals surface area contributed by atoms with E-state index in [0.717, 1.165) is 19.7 Å². The van der Waals surface area contributed by atoms with Crippen LogP contribution in [0.2, 0.25) is 0 Å². The number of nitrogens with one attached hydrogen (secondary N) is 1. The first-order valence-electron chi connectivity index (χ1n) is 5.53. The molecule has 0 amide bonds. The smallest absolute Gasteiger partial charge is 0.0641 e. The van der Waals surface area contributed by atoms with Crippen molar-refractivity contribution in [3.63, 3.8) is 0 Å². The zero-order valence-electron chi connectivity index (χ0n) is 9.97. The summed E-state index contributed by atoms with van der Waals surface area (Å²) in [5.41, 5.74) is 0.167. The van der Waals surface area contributed by atoms with Crippen LogP contribution in [0.3, 0.4) is 0 Å². The van der Waals surface area contributed by atoms with Gasteiger partial charge < -0.3 is 10.1 Å². The maximum Gasteiger partial charge on any atom is 0.0641 e. The van der Waals surface area contributed by atoms with Gasteiger partial charge >= 0.3 is 0 Å². The standard InChI is InChI=1S/C11H24N2O/c1-10-5-7-13(8-6-12-10)11(2,3)9-14-4/h10,12H,5-9H2,1-4H3. The van der Waals surface area contributed by atoms with E-state index in [1.807, 2.05) is 0 Å². The quantitative estimate of drug-likeness (QED) is 0.738. The monoisotopic (exact) mass is 200 g/mol. The fraction of sp³-hybridized carbons (Fsp3) is 1.00. The van der Waals surface area contributed by atoms with E-state index in [-0.39, 0.29) is 5.54 Å². The molecule has 3 heteroatoms. The topological polar surface area (TPSA) is 24.5 Å². The third-order valence-electron chi connectivity index (χ3n) is 3.06. The lowest BCUT2D eigenvalue weighted by Gasteiger charge is -2.37. The first-order chi connectivity index (χ1) is 6.56. The summed E-state index contributed by atoms with van der Waals surface area (Å²) in [6.07, 6.45) is 1.23. The van der Waals surface area contributed by atoms with Gasteiger partial charge in [0, 0.05) is 38.3 Å². The Morgan fingerprint density at radius 1 is 1.43 bits per heavy atom. The molecule has 1 aliphatic rings. The number of ether oxygens (including phenoxy) is 1. The van der Waals surface area contributed by atoms with Gasteiger partial charge in [0.25, 0.3) is 0 Å². The molecule has 0 aromatic heterocycles. The van der Waals surface area contributed by atoms with Crippen LogP contribution in [0.4, 0.5) is 0 Å². The van der Waals surface area contributed by atoms with Crippen molar-refractivity contribution in [3.05, 3.63) is 0 Å². The lowest BCUT2D eigenvalue weighted by Crippen LogP contribution is -2.48. The van der Waals surface area contributed by atoms with Crippen LogP contribution in [0.15, 0.2) is 0 Å². The van der Waals surface area contributed by atoms with Crippen LogP contribution in [0.25, 0.3) is 0 Å². The summed E-state index contributed by atoms with van der Waals surface area (Å²) in [5, 5.41) is 3.51. The van der Waals surface area contributed by atoms with E-state index < -0.39 is 0 Å². The molecule has 1 saturated heterocycles. The van der Waals surface area contributed by atoms with Crippen molar-refractivity contribution in [2.24, 2.45) is 0 Å². The van der Waals surface area contributed by atoms with Gasteiger partial charge in [0.2, 0.25) is 0 Å². The van der Waals surface area contributed by atoms with E-state index in [4.69, 9.17) is 4.74 Å². The highest BCUT2D eigenvalue weighted by Crippen LogP contribution is 2.16. The van der Waals surface area contributed by atoms with Gasteiger partial charge in [-0.3, -0.25) is 4.90 Å². The van der Waals surface area contributed by atoms with Gasteiger partial charge in [-0.2, -0.15) is 0 Å². The Hall–Kier alpha value is -0.120. The number of hydrogen-bond donors (Lipinski definition) is 1. The molecule has 84 valence electrons. The van der Waals surface area contributed by atoms with Gasteiger partial charge in [-0.05, 0) is 27.2 Å². The highest BCUT2D eigenvalue weighted by atomic mass is 16.5. The molecule has 0 aromatic rings. The Kier molecular flexibility index (Phi) is 4.35. The molecule has 1 N–H and O–H groups in total. The van der Waals surface area contributed by atoms with Crippen molar-refractivity contribution in [1.29, 1.82) is 0 Å². The average Bonchev–Trinajstić information content (AvgIpc) is 2.30. The van der Waals surface area contributed by atoms with Crippen molar-refractivity contribution >= 4 is 0 Å². The number of nitrogens with zero attached hydrogens (tertiary/aromatic N) is 1. The van der Waals surface area contributed by atoms with Crippen LogP contribution in [-0.2, 0) is 4.74 Å². The molecule has 1 unspecified atom stereocenters. The molecule has 1 atom stereocenters. The summed E-state index contributed by atoms with van der Waals surface area (Å²) >= 11 is 0. The zero-order valence-corrected chi connectivity index (χ0v) is 9.97. The van der Waals surface area contributed by atoms with Crippen molar-refractivity contribution in [2.75, 3.05) is 33.4 Å². The molecule has 0 aromatic carbocycles. The lowest BCUT2D eigenvalue weighted by molar-refractivity contribution is 0.0374. The van der Waals surface area contributed by atoms with E-state index in [9.17, 15) is 0 Å². The Balaban J connectivity index is 2.49. The molecular weight excluding hydrogens is 176 g/mol. The van der Waals surface area contributed by atoms with Crippen LogP contribution in [0, 0.1) is 0 Å². The van der Waals surface area contributed by atoms with Crippen molar-refractivity contribution in [3.8, 4) is 0 Å². The van der Waals surface area contributed by atoms with Crippen molar-refractivity contribution < 1.29 is 4.74 Å². The zero-order chi connectivity index (χ0) is 10.6. The number of hydrogen-bond acceptors (Lipinski definition) is 3. The van der Waals surface area contributed by atoms with Gasteiger partial charge in [-0.1, -0.05) is 0 Å². The molecule has 0 bridgehead atoms. The van der Waals surface area contributed by atoms with Gasteiger partial charge in [0.05, 0.1) is 6.61 Å². The van der Waals surface area contributed by atoms with Gasteiger partial charge in [-0.25, -0.2) is 0 Å². The van der Waals surface area contributed by atoms with Gasteiger partial charge in [-0.15, -0.1) is 0 Å². The van der Waals surface area contributed by atoms with Crippen LogP contribution in [0.5, 0.6) is 0 Å². The summed E-state index contributed by atoms with van der Waals surface area (Å²) in [4.78, 5) is 2.52. The fourth-order valence-electron chi connectivity index (χ4n) is 2.06. The molecule has 0 aliphatic carbocycles. The number of methoxy groups -OCH3 is 1. The molecule has 0 spiro atoms. The molecule has 1 fully saturated rings. The van der Waals surface area contributed by atoms with E-state index in [1.165, 1.54) is 13.0 Å². The summed E-state index contributed by atoms with van der Waals surface area (Å²) in [7, 11) is 1.78. The first kappa shape index (κ1) is 12.0. The second kappa shape index (κ2) is 5.10. The van der Waals surface area contributed by atoms with Gasteiger partial charge in [0.15, 0.2) is 0 Å². The normalized spacial score (nSPS) is 26.1. The first-order valence-corrected chi connectivity index (χ1v) is 5.53. The summed E-state index contributed by atoms with van der Waals surface area (Å²) in [6, 6.07) is 0.651. The maximum absolute atomic E-state index is 5.27. The SMILES string of the molecule is COCC(C)(C)N1CCNC(C)CC1. The minimum atomic E-state index is 0.167. The molecule has 3 nitrogen and oxygen atoms in total. The Labute approximate surface area is 87.8 Å². The maximum atomic E-state index is 5.27. The van der Waals surface area contributed by atoms with Gasteiger partial charge in [0.1, 0.15) is 0 Å². The summed E-state index contributed by atoms with van der Waals surface area (Å²) in [6.45, 7) is 11.0. The van der Waals surface area contributed by atoms with E-state index in [1.54, 1.807) is 7.11 Å². The van der Waals surface area contributed by atoms with Crippen LogP contribution < -0.4 is 5.32 Å². The second-order valence-corrected chi connectivity index (χ2v) is 4.88. The van der Waals surface area contributed by atoms with E-state index in [2.05, 4.69) is 31.0 Å². The van der Waals surface area contributed by atoms with Crippen molar-refractivity contribution in [2.45, 2.75) is 38.8 Å². The molecule has 1 aliphatic heterocycles. The molecule has 14 heavy (non-hydrogen) atoms. The predicted molar refractivity (Wildman–Crippen MR) is 59.6 cm³/mol. The molecule has 0 radical (unpaired) electrons. The van der Waals surface area contributed by atoms with Crippen molar-refractivity contribution in [1.82, 2.24) is 10.2 Å². The van der Waals surface area contributed by atoms with Crippen LogP contribution >= 0.6 is 0 Å². The van der Waals surface area contributed by atoms with E-state index in [0.29, 0.717) is 6.04 Å². The Bertz CT molecular complexity index is 171. The minimum Gasteiger partial charge on any atom is -0.383 e. The average molecular weight is 200 g/mol. The predicted octanol–water partition coefficient (Wildman–Crippen LogP) is 1.10. The van der Waals surface area contributed by atoms with Crippen LogP contribution in [0.1, 0.15) is 27.2 Å². The highest BCUT2D eigenvalue weighted by Gasteiger charge is 2.27. The highest BCUT2D eigenvalue weighted by molar-refractivity contribution is 4.84. The largest absolute Gasteiger partial charge is 0.383 e. The Morgan fingerprint density at radius 3 is 2.79 bits per heavy atom. The third-order valence-corrected chi connectivity index (χ3v) is 3.06. The molecule has 1 heterocycles. The Morgan fingerprint density at radius 2 is 2.14 bits per heavy atom. The molecular formula is C11H24N2O. The third kappa shape index (κ3) is 3.23. The van der Waals surface area contributed by atoms with E-state index >= 15 is 0 Å². The fourth-order valence-corrected chi connectivity index (χ4v) is 2.06. The molecule has 1 rings (SSSR count).